The summed E-state index contributed by atoms with van der Waals surface area (Å²) in [5.74, 6) is 0.599. The van der Waals surface area contributed by atoms with Crippen LogP contribution in [0.15, 0.2) is 52.5 Å². The summed E-state index contributed by atoms with van der Waals surface area (Å²) in [5, 5.41) is 0.618. The smallest absolute Gasteiger partial charge is 0.196 e. The molecule has 0 unspecified atom stereocenters. The fraction of sp³-hybridized carbons (Fsp3) is 0.0625. The normalized spacial score (nSPS) is 15.9. The van der Waals surface area contributed by atoms with Crippen LogP contribution >= 0.6 is 27.5 Å². The van der Waals surface area contributed by atoms with Crippen molar-refractivity contribution in [1.29, 1.82) is 0 Å². The van der Waals surface area contributed by atoms with E-state index in [9.17, 15) is 4.79 Å². The van der Waals surface area contributed by atoms with Crippen molar-refractivity contribution in [2.45, 2.75) is 0 Å². The lowest BCUT2D eigenvalue weighted by Gasteiger charge is -2.19. The Kier molecular flexibility index (Phi) is 3.64. The molecule has 1 aliphatic rings. The molecule has 0 atom stereocenters. The molecule has 2 aromatic carbocycles. The van der Waals surface area contributed by atoms with Crippen molar-refractivity contribution in [3.63, 3.8) is 0 Å². The van der Waals surface area contributed by atoms with E-state index in [1.54, 1.807) is 24.3 Å². The maximum absolute atomic E-state index is 12.5. The molecule has 0 N–H and O–H groups in total. The van der Waals surface area contributed by atoms with Crippen LogP contribution in [0.3, 0.4) is 0 Å². The van der Waals surface area contributed by atoms with Gasteiger partial charge in [0.2, 0.25) is 0 Å². The number of halogens is 2. The molecule has 0 aliphatic carbocycles. The standard InChI is InChI=1S/C16H10BrClO2/c17-12-5-6-15-13(8-12)16(19)11(9-20-15)7-10-3-1-2-4-14(10)18/h1-8H,9H2/b11-7-. The summed E-state index contributed by atoms with van der Waals surface area (Å²) in [7, 11) is 0. The summed E-state index contributed by atoms with van der Waals surface area (Å²) < 4.78 is 6.47. The zero-order chi connectivity index (χ0) is 14.1. The van der Waals surface area contributed by atoms with Crippen molar-refractivity contribution in [3.8, 4) is 5.75 Å². The molecule has 0 saturated heterocycles. The highest BCUT2D eigenvalue weighted by molar-refractivity contribution is 9.10. The van der Waals surface area contributed by atoms with Crippen LogP contribution in [0, 0.1) is 0 Å². The summed E-state index contributed by atoms with van der Waals surface area (Å²) >= 11 is 9.48. The zero-order valence-corrected chi connectivity index (χ0v) is 12.7. The topological polar surface area (TPSA) is 26.3 Å². The molecule has 0 saturated carbocycles. The minimum Gasteiger partial charge on any atom is -0.488 e. The van der Waals surface area contributed by atoms with Gasteiger partial charge in [0.05, 0.1) is 5.56 Å². The molecule has 3 rings (SSSR count). The number of Topliss-reactive ketones (excluding diaryl/α,β-unsaturated/α-hetero) is 1. The number of rotatable bonds is 1. The predicted molar refractivity (Wildman–Crippen MR) is 83.4 cm³/mol. The largest absolute Gasteiger partial charge is 0.488 e. The van der Waals surface area contributed by atoms with Crippen molar-refractivity contribution in [1.82, 2.24) is 0 Å². The maximum atomic E-state index is 12.5. The Balaban J connectivity index is 2.02. The minimum atomic E-state index is -0.0209. The molecular weight excluding hydrogens is 340 g/mol. The van der Waals surface area contributed by atoms with Crippen LogP contribution in [0.4, 0.5) is 0 Å². The van der Waals surface area contributed by atoms with Crippen LogP contribution in [-0.2, 0) is 0 Å². The van der Waals surface area contributed by atoms with Gasteiger partial charge in [0.25, 0.3) is 0 Å². The van der Waals surface area contributed by atoms with E-state index < -0.39 is 0 Å². The number of carbonyl (C=O) groups excluding carboxylic acids is 1. The van der Waals surface area contributed by atoms with Crippen molar-refractivity contribution < 1.29 is 9.53 Å². The number of benzene rings is 2. The van der Waals surface area contributed by atoms with Gasteiger partial charge in [-0.3, -0.25) is 4.79 Å². The summed E-state index contributed by atoms with van der Waals surface area (Å²) in [5.41, 5.74) is 1.99. The monoisotopic (exact) mass is 348 g/mol. The molecule has 100 valence electrons. The van der Waals surface area contributed by atoms with Gasteiger partial charge >= 0.3 is 0 Å². The Bertz CT molecular complexity index is 722. The first kappa shape index (κ1) is 13.4. The molecule has 4 heteroatoms. The van der Waals surface area contributed by atoms with E-state index in [-0.39, 0.29) is 12.4 Å². The SMILES string of the molecule is O=C1/C(=C\c2ccccc2Cl)COc2ccc(Br)cc21. The van der Waals surface area contributed by atoms with Crippen molar-refractivity contribution in [3.05, 3.63) is 68.7 Å². The van der Waals surface area contributed by atoms with Crippen LogP contribution in [0.2, 0.25) is 5.02 Å². The van der Waals surface area contributed by atoms with E-state index >= 15 is 0 Å². The number of ether oxygens (including phenoxy) is 1. The zero-order valence-electron chi connectivity index (χ0n) is 10.4. The van der Waals surface area contributed by atoms with Gasteiger partial charge in [-0.05, 0) is 35.9 Å². The van der Waals surface area contributed by atoms with Gasteiger partial charge in [-0.15, -0.1) is 0 Å². The van der Waals surface area contributed by atoms with Crippen LogP contribution < -0.4 is 4.74 Å². The second kappa shape index (κ2) is 5.43. The minimum absolute atomic E-state index is 0.0209. The average Bonchev–Trinajstić information content (AvgIpc) is 2.45. The highest BCUT2D eigenvalue weighted by Gasteiger charge is 2.23. The summed E-state index contributed by atoms with van der Waals surface area (Å²) in [4.78, 5) is 12.5. The number of fused-ring (bicyclic) bond motifs is 1. The molecule has 0 amide bonds. The van der Waals surface area contributed by atoms with Gasteiger partial charge in [-0.2, -0.15) is 0 Å². The Morgan fingerprint density at radius 1 is 1.20 bits per heavy atom. The molecule has 0 aromatic heterocycles. The summed E-state index contributed by atoms with van der Waals surface area (Å²) in [6, 6.07) is 12.8. The van der Waals surface area contributed by atoms with Gasteiger partial charge in [0, 0.05) is 15.1 Å². The first-order valence-corrected chi connectivity index (χ1v) is 7.24. The molecule has 1 heterocycles. The van der Waals surface area contributed by atoms with E-state index in [0.29, 0.717) is 21.9 Å². The quantitative estimate of drug-likeness (QED) is 0.694. The highest BCUT2D eigenvalue weighted by atomic mass is 79.9. The van der Waals surface area contributed by atoms with Crippen molar-refractivity contribution in [2.24, 2.45) is 0 Å². The molecule has 1 aliphatic heterocycles. The van der Waals surface area contributed by atoms with Gasteiger partial charge < -0.3 is 4.74 Å². The fourth-order valence-electron chi connectivity index (χ4n) is 2.09. The molecule has 0 radical (unpaired) electrons. The predicted octanol–water partition coefficient (Wildman–Crippen LogP) is 4.76. The van der Waals surface area contributed by atoms with Crippen LogP contribution in [0.5, 0.6) is 5.75 Å². The average molecular weight is 350 g/mol. The molecule has 0 spiro atoms. The van der Waals surface area contributed by atoms with E-state index in [0.717, 1.165) is 10.0 Å². The van der Waals surface area contributed by atoms with Crippen LogP contribution in [-0.4, -0.2) is 12.4 Å². The lowest BCUT2D eigenvalue weighted by molar-refractivity contribution is 0.100. The number of carbonyl (C=O) groups is 1. The maximum Gasteiger partial charge on any atom is 0.196 e. The van der Waals surface area contributed by atoms with Crippen molar-refractivity contribution >= 4 is 39.4 Å². The lowest BCUT2D eigenvalue weighted by Crippen LogP contribution is -2.19. The summed E-state index contributed by atoms with van der Waals surface area (Å²) in [6.45, 7) is 0.263. The molecule has 0 fully saturated rings. The van der Waals surface area contributed by atoms with E-state index in [4.69, 9.17) is 16.3 Å². The molecular formula is C16H10BrClO2. The van der Waals surface area contributed by atoms with Gasteiger partial charge in [0.15, 0.2) is 5.78 Å². The second-order valence-corrected chi connectivity index (χ2v) is 5.77. The number of hydrogen-bond acceptors (Lipinski definition) is 2. The Morgan fingerprint density at radius 3 is 2.80 bits per heavy atom. The molecule has 0 bridgehead atoms. The van der Waals surface area contributed by atoms with Crippen LogP contribution in [0.25, 0.3) is 6.08 Å². The van der Waals surface area contributed by atoms with E-state index in [2.05, 4.69) is 15.9 Å². The van der Waals surface area contributed by atoms with E-state index in [1.165, 1.54) is 0 Å². The van der Waals surface area contributed by atoms with Crippen molar-refractivity contribution in [2.75, 3.05) is 6.61 Å². The third-order valence-corrected chi connectivity index (χ3v) is 3.93. The number of ketones is 1. The molecule has 20 heavy (non-hydrogen) atoms. The Hall–Kier alpha value is -1.58. The highest BCUT2D eigenvalue weighted by Crippen LogP contribution is 2.31. The van der Waals surface area contributed by atoms with E-state index in [1.807, 2.05) is 24.3 Å². The third kappa shape index (κ3) is 2.51. The Labute approximate surface area is 130 Å². The second-order valence-electron chi connectivity index (χ2n) is 4.45. The van der Waals surface area contributed by atoms with Gasteiger partial charge in [0.1, 0.15) is 12.4 Å². The molecule has 2 aromatic rings. The van der Waals surface area contributed by atoms with Gasteiger partial charge in [-0.25, -0.2) is 0 Å². The summed E-state index contributed by atoms with van der Waals surface area (Å²) in [6.07, 6.45) is 1.79. The lowest BCUT2D eigenvalue weighted by atomic mass is 9.98. The Morgan fingerprint density at radius 2 is 2.00 bits per heavy atom. The number of hydrogen-bond donors (Lipinski definition) is 0. The van der Waals surface area contributed by atoms with Gasteiger partial charge in [-0.1, -0.05) is 45.7 Å². The first-order valence-electron chi connectivity index (χ1n) is 6.07. The van der Waals surface area contributed by atoms with Crippen LogP contribution in [0.1, 0.15) is 15.9 Å². The molecule has 2 nitrogen and oxygen atoms in total. The first-order chi connectivity index (χ1) is 9.65. The fourth-order valence-corrected chi connectivity index (χ4v) is 2.64. The third-order valence-electron chi connectivity index (χ3n) is 3.10.